The summed E-state index contributed by atoms with van der Waals surface area (Å²) in [4.78, 5) is 44.5. The van der Waals surface area contributed by atoms with E-state index in [0.717, 1.165) is 44.8 Å². The number of nitrogen functional groups attached to an aromatic ring is 1. The molecule has 2 heterocycles. The summed E-state index contributed by atoms with van der Waals surface area (Å²) in [7, 11) is 0. The smallest absolute Gasteiger partial charge is 0.315 e. The number of carbonyl (C=O) groups excluding carboxylic acids is 3. The van der Waals surface area contributed by atoms with E-state index in [1.165, 1.54) is 0 Å². The van der Waals surface area contributed by atoms with E-state index < -0.39 is 6.03 Å². The molecule has 1 fully saturated rings. The van der Waals surface area contributed by atoms with Crippen LogP contribution in [0.1, 0.15) is 45.3 Å². The number of ether oxygens (including phenoxy) is 1. The zero-order valence-electron chi connectivity index (χ0n) is 21.8. The first-order chi connectivity index (χ1) is 19.0. The molecule has 1 aromatic heterocycles. The lowest BCUT2D eigenvalue weighted by Gasteiger charge is -2.27. The molecule has 1 aliphatic rings. The number of pyridine rings is 1. The molecule has 1 aliphatic heterocycles. The van der Waals surface area contributed by atoms with Gasteiger partial charge in [0.1, 0.15) is 5.69 Å². The normalized spacial score (nSPS) is 14.3. The highest BCUT2D eigenvalue weighted by atomic mass is 16.5. The second-order valence-corrected chi connectivity index (χ2v) is 9.28. The maximum atomic E-state index is 12.7. The number of nitrogens with one attached hydrogen (secondary N) is 3. The predicted molar refractivity (Wildman–Crippen MR) is 150 cm³/mol. The Morgan fingerprint density at radius 1 is 0.974 bits per heavy atom. The summed E-state index contributed by atoms with van der Waals surface area (Å²) in [6, 6.07) is 18.4. The van der Waals surface area contributed by atoms with E-state index in [1.54, 1.807) is 66.9 Å². The summed E-state index contributed by atoms with van der Waals surface area (Å²) in [5, 5.41) is 8.40. The molecule has 5 N–H and O–H groups in total. The van der Waals surface area contributed by atoms with Crippen molar-refractivity contribution in [2.24, 2.45) is 0 Å². The number of para-hydroxylation sites is 2. The second kappa shape index (κ2) is 14.0. The summed E-state index contributed by atoms with van der Waals surface area (Å²) in [6.45, 7) is 3.98. The van der Waals surface area contributed by atoms with Gasteiger partial charge in [0.2, 0.25) is 0 Å². The molecule has 0 aliphatic carbocycles. The molecule has 1 unspecified atom stereocenters. The number of anilines is 2. The van der Waals surface area contributed by atoms with E-state index in [4.69, 9.17) is 10.5 Å². The van der Waals surface area contributed by atoms with E-state index >= 15 is 0 Å². The Labute approximate surface area is 227 Å². The first-order valence-electron chi connectivity index (χ1n) is 13.0. The van der Waals surface area contributed by atoms with Gasteiger partial charge in [0.25, 0.3) is 5.91 Å². The van der Waals surface area contributed by atoms with Gasteiger partial charge >= 0.3 is 6.03 Å². The highest BCUT2D eigenvalue weighted by molar-refractivity contribution is 6.04. The first-order valence-corrected chi connectivity index (χ1v) is 13.0. The van der Waals surface area contributed by atoms with Crippen molar-refractivity contribution < 1.29 is 19.1 Å². The first kappa shape index (κ1) is 27.7. The van der Waals surface area contributed by atoms with Gasteiger partial charge in [-0.2, -0.15) is 0 Å². The van der Waals surface area contributed by atoms with Crippen LogP contribution in [0.4, 0.5) is 16.2 Å². The number of benzene rings is 2. The Bertz CT molecular complexity index is 1250. The molecule has 1 saturated heterocycles. The molecule has 3 aromatic rings. The van der Waals surface area contributed by atoms with Crippen molar-refractivity contribution >= 4 is 29.1 Å². The zero-order chi connectivity index (χ0) is 27.5. The SMILES string of the molecule is Nc1ccccc1NC(=O)c1ccc(C(CCCN2CCOCC2)NC(=O)NCC(=O)c2ccccc2)cn1. The molecule has 10 heteroatoms. The van der Waals surface area contributed by atoms with Crippen LogP contribution in [0.15, 0.2) is 72.9 Å². The highest BCUT2D eigenvalue weighted by Crippen LogP contribution is 2.21. The Kier molecular flexibility index (Phi) is 9.98. The summed E-state index contributed by atoms with van der Waals surface area (Å²) in [6.07, 6.45) is 3.09. The van der Waals surface area contributed by atoms with Gasteiger partial charge in [-0.1, -0.05) is 48.5 Å². The Balaban J connectivity index is 1.38. The number of nitrogens with zero attached hydrogens (tertiary/aromatic N) is 2. The predicted octanol–water partition coefficient (Wildman–Crippen LogP) is 3.25. The van der Waals surface area contributed by atoms with Crippen molar-refractivity contribution in [2.75, 3.05) is 50.4 Å². The number of morpholine rings is 1. The number of hydrogen-bond acceptors (Lipinski definition) is 7. The van der Waals surface area contributed by atoms with E-state index in [-0.39, 0.29) is 30.0 Å². The van der Waals surface area contributed by atoms with Crippen LogP contribution < -0.4 is 21.7 Å². The number of hydrogen-bond donors (Lipinski definition) is 4. The molecular weight excluding hydrogens is 496 g/mol. The van der Waals surface area contributed by atoms with Crippen LogP contribution in [0.5, 0.6) is 0 Å². The van der Waals surface area contributed by atoms with Gasteiger partial charge in [-0.3, -0.25) is 19.5 Å². The van der Waals surface area contributed by atoms with E-state index in [0.29, 0.717) is 23.4 Å². The summed E-state index contributed by atoms with van der Waals surface area (Å²) < 4.78 is 5.42. The van der Waals surface area contributed by atoms with Crippen molar-refractivity contribution in [3.8, 4) is 0 Å². The third-order valence-electron chi connectivity index (χ3n) is 6.51. The molecule has 10 nitrogen and oxygen atoms in total. The number of ketones is 1. The topological polar surface area (TPSA) is 139 Å². The standard InChI is InChI=1S/C29H34N6O4/c30-23-9-4-5-10-25(23)33-28(37)26-13-12-22(19-31-26)24(11-6-14-35-15-17-39-18-16-35)34-29(38)32-20-27(36)21-7-2-1-3-8-21/h1-5,7-10,12-13,19,24H,6,11,14-18,20,30H2,(H,33,37)(H2,32,34,38). The minimum Gasteiger partial charge on any atom is -0.397 e. The van der Waals surface area contributed by atoms with Crippen LogP contribution in [-0.4, -0.2) is 67.0 Å². The van der Waals surface area contributed by atoms with Crippen molar-refractivity contribution in [1.82, 2.24) is 20.5 Å². The molecule has 0 spiro atoms. The summed E-state index contributed by atoms with van der Waals surface area (Å²) in [5.41, 5.74) is 8.42. The Morgan fingerprint density at radius 3 is 2.44 bits per heavy atom. The minimum absolute atomic E-state index is 0.115. The Morgan fingerprint density at radius 2 is 1.72 bits per heavy atom. The van der Waals surface area contributed by atoms with Crippen molar-refractivity contribution in [1.29, 1.82) is 0 Å². The van der Waals surface area contributed by atoms with Gasteiger partial charge in [0, 0.05) is 24.8 Å². The number of amides is 3. The third-order valence-corrected chi connectivity index (χ3v) is 6.51. The monoisotopic (exact) mass is 530 g/mol. The lowest BCUT2D eigenvalue weighted by atomic mass is 10.0. The van der Waals surface area contributed by atoms with Crippen LogP contribution in [0.2, 0.25) is 0 Å². The number of carbonyl (C=O) groups is 3. The quantitative estimate of drug-likeness (QED) is 0.220. The zero-order valence-corrected chi connectivity index (χ0v) is 21.8. The molecule has 0 saturated carbocycles. The molecule has 3 amide bonds. The number of aromatic nitrogens is 1. The average molecular weight is 531 g/mol. The maximum Gasteiger partial charge on any atom is 0.315 e. The summed E-state index contributed by atoms with van der Waals surface area (Å²) >= 11 is 0. The van der Waals surface area contributed by atoms with Gasteiger partial charge in [-0.15, -0.1) is 0 Å². The fraction of sp³-hybridized carbons (Fsp3) is 0.310. The lowest BCUT2D eigenvalue weighted by molar-refractivity contribution is 0.0369. The second-order valence-electron chi connectivity index (χ2n) is 9.28. The van der Waals surface area contributed by atoms with E-state index in [1.807, 2.05) is 6.07 Å². The van der Waals surface area contributed by atoms with E-state index in [2.05, 4.69) is 25.8 Å². The van der Waals surface area contributed by atoms with Crippen LogP contribution >= 0.6 is 0 Å². The largest absolute Gasteiger partial charge is 0.397 e. The summed E-state index contributed by atoms with van der Waals surface area (Å²) in [5.74, 6) is -0.556. The fourth-order valence-electron chi connectivity index (χ4n) is 4.30. The number of Topliss-reactive ketones (excluding diaryl/α,β-unsaturated/α-hetero) is 1. The Hall–Kier alpha value is -4.28. The van der Waals surface area contributed by atoms with Crippen LogP contribution in [0.3, 0.4) is 0 Å². The molecule has 0 radical (unpaired) electrons. The minimum atomic E-state index is -0.447. The third kappa shape index (κ3) is 8.36. The number of urea groups is 1. The molecule has 0 bridgehead atoms. The molecular formula is C29H34N6O4. The van der Waals surface area contributed by atoms with Crippen molar-refractivity contribution in [3.63, 3.8) is 0 Å². The van der Waals surface area contributed by atoms with Gasteiger partial charge in [-0.05, 0) is 43.1 Å². The molecule has 204 valence electrons. The lowest BCUT2D eigenvalue weighted by Crippen LogP contribution is -2.41. The van der Waals surface area contributed by atoms with Gasteiger partial charge in [0.15, 0.2) is 5.78 Å². The van der Waals surface area contributed by atoms with Gasteiger partial charge < -0.3 is 26.4 Å². The van der Waals surface area contributed by atoms with Crippen LogP contribution in [0.25, 0.3) is 0 Å². The maximum absolute atomic E-state index is 12.7. The average Bonchev–Trinajstić information content (AvgIpc) is 2.97. The molecule has 39 heavy (non-hydrogen) atoms. The molecule has 1 atom stereocenters. The van der Waals surface area contributed by atoms with Gasteiger partial charge in [0.05, 0.1) is 37.2 Å². The number of nitrogens with two attached hydrogens (primary N) is 1. The van der Waals surface area contributed by atoms with E-state index in [9.17, 15) is 14.4 Å². The molecule has 2 aromatic carbocycles. The van der Waals surface area contributed by atoms with Crippen molar-refractivity contribution in [3.05, 3.63) is 89.7 Å². The van der Waals surface area contributed by atoms with Crippen molar-refractivity contribution in [2.45, 2.75) is 18.9 Å². The fourth-order valence-corrected chi connectivity index (χ4v) is 4.30. The van der Waals surface area contributed by atoms with Crippen LogP contribution in [-0.2, 0) is 4.74 Å². The van der Waals surface area contributed by atoms with Gasteiger partial charge in [-0.25, -0.2) is 4.79 Å². The molecule has 4 rings (SSSR count). The highest BCUT2D eigenvalue weighted by Gasteiger charge is 2.19. The number of rotatable bonds is 11. The van der Waals surface area contributed by atoms with Crippen LogP contribution in [0, 0.1) is 0 Å².